The number of nitrogens with zero attached hydrogens (tertiary/aromatic N) is 1. The Morgan fingerprint density at radius 1 is 1.41 bits per heavy atom. The van der Waals surface area contributed by atoms with Gasteiger partial charge in [0.05, 0.1) is 18.8 Å². The van der Waals surface area contributed by atoms with Crippen molar-refractivity contribution in [1.29, 1.82) is 0 Å². The van der Waals surface area contributed by atoms with E-state index < -0.39 is 0 Å². The van der Waals surface area contributed by atoms with Crippen LogP contribution < -0.4 is 10.1 Å². The monoisotopic (exact) mass is 306 g/mol. The van der Waals surface area contributed by atoms with Gasteiger partial charge in [0, 0.05) is 19.6 Å². The Balaban J connectivity index is 1.66. The van der Waals surface area contributed by atoms with E-state index in [9.17, 15) is 9.90 Å². The topological polar surface area (TPSA) is 61.8 Å². The Kier molecular flexibility index (Phi) is 6.21. The lowest BCUT2D eigenvalue weighted by atomic mass is 10.1. The number of hydrogen-bond acceptors (Lipinski definition) is 4. The third kappa shape index (κ3) is 5.66. The Morgan fingerprint density at radius 2 is 2.14 bits per heavy atom. The van der Waals surface area contributed by atoms with Gasteiger partial charge in [-0.15, -0.1) is 0 Å². The highest BCUT2D eigenvalue weighted by molar-refractivity contribution is 5.78. The molecule has 1 heterocycles. The molecule has 0 aliphatic carbocycles. The summed E-state index contributed by atoms with van der Waals surface area (Å²) in [6, 6.07) is 7.98. The fourth-order valence-electron chi connectivity index (χ4n) is 2.57. The molecule has 2 N–H and O–H groups in total. The lowest BCUT2D eigenvalue weighted by Gasteiger charge is -2.14. The molecule has 22 heavy (non-hydrogen) atoms. The average molecular weight is 306 g/mol. The van der Waals surface area contributed by atoms with E-state index in [2.05, 4.69) is 5.32 Å². The molecule has 5 heteroatoms. The number of nitrogens with one attached hydrogen (secondary N) is 1. The number of carbonyl (C=O) groups is 1. The Bertz CT molecular complexity index is 473. The number of hydrogen-bond donors (Lipinski definition) is 2. The number of likely N-dealkylation sites (tertiary alicyclic amines) is 1. The summed E-state index contributed by atoms with van der Waals surface area (Å²) in [4.78, 5) is 13.8. The third-order valence-electron chi connectivity index (χ3n) is 3.65. The predicted molar refractivity (Wildman–Crippen MR) is 86.0 cm³/mol. The maximum absolute atomic E-state index is 11.8. The quantitative estimate of drug-likeness (QED) is 0.794. The molecule has 1 aliphatic rings. The van der Waals surface area contributed by atoms with Crippen LogP contribution in [-0.4, -0.2) is 54.3 Å². The molecule has 122 valence electrons. The normalized spacial score (nSPS) is 18.6. The van der Waals surface area contributed by atoms with Crippen molar-refractivity contribution in [1.82, 2.24) is 10.2 Å². The van der Waals surface area contributed by atoms with Gasteiger partial charge in [0.25, 0.3) is 0 Å². The minimum absolute atomic E-state index is 0.0221. The molecule has 0 aromatic heterocycles. The van der Waals surface area contributed by atoms with Gasteiger partial charge in [0.2, 0.25) is 5.91 Å². The second-order valence-corrected chi connectivity index (χ2v) is 6.09. The molecule has 1 aromatic carbocycles. The van der Waals surface area contributed by atoms with Crippen molar-refractivity contribution in [2.45, 2.75) is 38.9 Å². The maximum Gasteiger partial charge on any atom is 0.234 e. The molecule has 1 atom stereocenters. The summed E-state index contributed by atoms with van der Waals surface area (Å²) in [6.45, 7) is 6.40. The van der Waals surface area contributed by atoms with Gasteiger partial charge in [-0.1, -0.05) is 12.1 Å². The first-order chi connectivity index (χ1) is 10.5. The van der Waals surface area contributed by atoms with E-state index in [1.165, 1.54) is 5.56 Å². The number of amides is 1. The van der Waals surface area contributed by atoms with E-state index in [1.54, 1.807) is 0 Å². The molecule has 1 saturated heterocycles. The summed E-state index contributed by atoms with van der Waals surface area (Å²) in [5, 5.41) is 12.4. The van der Waals surface area contributed by atoms with E-state index in [0.717, 1.165) is 25.1 Å². The molecular weight excluding hydrogens is 280 g/mol. The zero-order chi connectivity index (χ0) is 15.9. The molecule has 1 aromatic rings. The molecule has 1 amide bonds. The number of ether oxygens (including phenoxy) is 1. The third-order valence-corrected chi connectivity index (χ3v) is 3.65. The van der Waals surface area contributed by atoms with Crippen LogP contribution in [0, 0.1) is 0 Å². The van der Waals surface area contributed by atoms with Crippen molar-refractivity contribution in [3.8, 4) is 5.75 Å². The highest BCUT2D eigenvalue weighted by Crippen LogP contribution is 2.14. The minimum Gasteiger partial charge on any atom is -0.491 e. The highest BCUT2D eigenvalue weighted by Gasteiger charge is 2.21. The first-order valence-corrected chi connectivity index (χ1v) is 7.95. The van der Waals surface area contributed by atoms with Crippen molar-refractivity contribution >= 4 is 5.91 Å². The van der Waals surface area contributed by atoms with E-state index in [4.69, 9.17) is 4.74 Å². The van der Waals surface area contributed by atoms with Crippen LogP contribution in [0.25, 0.3) is 0 Å². The molecule has 1 aliphatic heterocycles. The Hall–Kier alpha value is -1.59. The van der Waals surface area contributed by atoms with Crippen LogP contribution >= 0.6 is 0 Å². The van der Waals surface area contributed by atoms with Crippen molar-refractivity contribution in [2.75, 3.05) is 26.2 Å². The standard InChI is InChI=1S/C17H26N2O3/c1-13(2)22-16-5-3-14(4-6-16)7-9-18-17(21)12-19-10-8-15(20)11-19/h3-6,13,15,20H,7-12H2,1-2H3,(H,18,21)/t15-/m1/s1. The van der Waals surface area contributed by atoms with Crippen molar-refractivity contribution < 1.29 is 14.6 Å². The summed E-state index contributed by atoms with van der Waals surface area (Å²) >= 11 is 0. The van der Waals surface area contributed by atoms with E-state index >= 15 is 0 Å². The fourth-order valence-corrected chi connectivity index (χ4v) is 2.57. The van der Waals surface area contributed by atoms with Gasteiger partial charge < -0.3 is 15.2 Å². The zero-order valence-electron chi connectivity index (χ0n) is 13.4. The zero-order valence-corrected chi connectivity index (χ0v) is 13.4. The van der Waals surface area contributed by atoms with Crippen LogP contribution in [0.15, 0.2) is 24.3 Å². The molecule has 5 nitrogen and oxygen atoms in total. The molecule has 0 spiro atoms. The molecule has 1 fully saturated rings. The molecule has 0 radical (unpaired) electrons. The van der Waals surface area contributed by atoms with E-state index in [-0.39, 0.29) is 18.1 Å². The minimum atomic E-state index is -0.278. The van der Waals surface area contributed by atoms with Crippen molar-refractivity contribution in [3.05, 3.63) is 29.8 Å². The summed E-state index contributed by atoms with van der Waals surface area (Å²) in [6.07, 6.45) is 1.46. The lowest BCUT2D eigenvalue weighted by molar-refractivity contribution is -0.122. The largest absolute Gasteiger partial charge is 0.491 e. The summed E-state index contributed by atoms with van der Waals surface area (Å²) in [7, 11) is 0. The number of aliphatic hydroxyl groups is 1. The van der Waals surface area contributed by atoms with Gasteiger partial charge in [-0.2, -0.15) is 0 Å². The van der Waals surface area contributed by atoms with Gasteiger partial charge in [0.15, 0.2) is 0 Å². The van der Waals surface area contributed by atoms with Crippen LogP contribution in [-0.2, 0) is 11.2 Å². The first-order valence-electron chi connectivity index (χ1n) is 7.95. The number of benzene rings is 1. The molecular formula is C17H26N2O3. The second-order valence-electron chi connectivity index (χ2n) is 6.09. The lowest BCUT2D eigenvalue weighted by Crippen LogP contribution is -2.37. The Labute approximate surface area is 132 Å². The molecule has 0 bridgehead atoms. The van der Waals surface area contributed by atoms with Crippen LogP contribution in [0.2, 0.25) is 0 Å². The first kappa shape index (κ1) is 16.8. The van der Waals surface area contributed by atoms with E-state index in [0.29, 0.717) is 19.6 Å². The second kappa shape index (κ2) is 8.15. The molecule has 2 rings (SSSR count). The van der Waals surface area contributed by atoms with E-state index in [1.807, 2.05) is 43.0 Å². The van der Waals surface area contributed by atoms with Gasteiger partial charge in [-0.3, -0.25) is 9.69 Å². The summed E-state index contributed by atoms with van der Waals surface area (Å²) in [5.74, 6) is 0.893. The Morgan fingerprint density at radius 3 is 2.73 bits per heavy atom. The van der Waals surface area contributed by atoms with Gasteiger partial charge in [0.1, 0.15) is 5.75 Å². The number of β-amino-alcohol motifs (C(OH)–C–C–N with tert-alkyl or cyclic N) is 1. The van der Waals surface area contributed by atoms with Crippen molar-refractivity contribution in [3.63, 3.8) is 0 Å². The molecule has 0 saturated carbocycles. The van der Waals surface area contributed by atoms with Crippen LogP contribution in [0.5, 0.6) is 5.75 Å². The van der Waals surface area contributed by atoms with Gasteiger partial charge in [-0.05, 0) is 44.4 Å². The number of rotatable bonds is 7. The predicted octanol–water partition coefficient (Wildman–Crippen LogP) is 1.20. The summed E-state index contributed by atoms with van der Waals surface area (Å²) < 4.78 is 5.60. The SMILES string of the molecule is CC(C)Oc1ccc(CCNC(=O)CN2CC[C@@H](O)C2)cc1. The van der Waals surface area contributed by atoms with Gasteiger partial charge >= 0.3 is 0 Å². The number of aliphatic hydroxyl groups excluding tert-OH is 1. The van der Waals surface area contributed by atoms with Crippen LogP contribution in [0.1, 0.15) is 25.8 Å². The van der Waals surface area contributed by atoms with Gasteiger partial charge in [-0.25, -0.2) is 0 Å². The van der Waals surface area contributed by atoms with Crippen LogP contribution in [0.3, 0.4) is 0 Å². The maximum atomic E-state index is 11.8. The molecule has 0 unspecified atom stereocenters. The highest BCUT2D eigenvalue weighted by atomic mass is 16.5. The van der Waals surface area contributed by atoms with Crippen LogP contribution in [0.4, 0.5) is 0 Å². The fraction of sp³-hybridized carbons (Fsp3) is 0.588. The van der Waals surface area contributed by atoms with Crippen molar-refractivity contribution in [2.24, 2.45) is 0 Å². The summed E-state index contributed by atoms with van der Waals surface area (Å²) in [5.41, 5.74) is 1.17. The smallest absolute Gasteiger partial charge is 0.234 e. The number of carbonyl (C=O) groups excluding carboxylic acids is 1. The average Bonchev–Trinajstić information content (AvgIpc) is 2.85.